The van der Waals surface area contributed by atoms with E-state index in [-0.39, 0.29) is 11.2 Å². The molecule has 2 nitrogen and oxygen atoms in total. The number of hydrogen-bond acceptors (Lipinski definition) is 3. The van der Waals surface area contributed by atoms with Crippen molar-refractivity contribution in [1.29, 1.82) is 0 Å². The van der Waals surface area contributed by atoms with E-state index in [0.717, 1.165) is 16.2 Å². The monoisotopic (exact) mass is 272 g/mol. The van der Waals surface area contributed by atoms with Crippen LogP contribution in [0.1, 0.15) is 41.1 Å². The predicted molar refractivity (Wildman–Crippen MR) is 75.8 cm³/mol. The molecule has 0 aromatic carbocycles. The second kappa shape index (κ2) is 3.84. The van der Waals surface area contributed by atoms with Gasteiger partial charge < -0.3 is 4.55 Å². The SMILES string of the molecule is Cc1sc(S(C)(C)O)c2c1CC(C)(C)CC2=O. The average molecular weight is 272 g/mol. The number of hydrogen-bond donors (Lipinski definition) is 1. The molecule has 0 amide bonds. The number of thiophene rings is 1. The number of carbonyl (C=O) groups excluding carboxylic acids is 1. The number of fused-ring (bicyclic) bond motifs is 1. The number of Topliss-reactive ketones (excluding diaryl/α,β-unsaturated/α-hetero) is 1. The van der Waals surface area contributed by atoms with E-state index >= 15 is 0 Å². The van der Waals surface area contributed by atoms with Crippen LogP contribution in [0.2, 0.25) is 0 Å². The summed E-state index contributed by atoms with van der Waals surface area (Å²) < 4.78 is 11.2. The van der Waals surface area contributed by atoms with Crippen molar-refractivity contribution in [3.8, 4) is 0 Å². The fourth-order valence-corrected chi connectivity index (χ4v) is 5.30. The maximum absolute atomic E-state index is 12.3. The van der Waals surface area contributed by atoms with E-state index in [1.54, 1.807) is 11.3 Å². The maximum Gasteiger partial charge on any atom is 0.165 e. The van der Waals surface area contributed by atoms with Crippen LogP contribution in [0.4, 0.5) is 0 Å². The summed E-state index contributed by atoms with van der Waals surface area (Å²) in [4.78, 5) is 13.5. The molecule has 0 unspecified atom stereocenters. The molecule has 1 aromatic heterocycles. The molecule has 0 bridgehead atoms. The third-order valence-electron chi connectivity index (χ3n) is 3.20. The molecule has 0 fully saturated rings. The lowest BCUT2D eigenvalue weighted by molar-refractivity contribution is 0.0909. The second-order valence-corrected chi connectivity index (χ2v) is 10.5. The third-order valence-corrected chi connectivity index (χ3v) is 6.73. The van der Waals surface area contributed by atoms with Crippen molar-refractivity contribution in [3.63, 3.8) is 0 Å². The van der Waals surface area contributed by atoms with Crippen LogP contribution in [-0.4, -0.2) is 22.8 Å². The van der Waals surface area contributed by atoms with Crippen molar-refractivity contribution in [1.82, 2.24) is 0 Å². The van der Waals surface area contributed by atoms with Gasteiger partial charge in [0, 0.05) is 16.9 Å². The quantitative estimate of drug-likeness (QED) is 0.835. The van der Waals surface area contributed by atoms with Gasteiger partial charge in [-0.3, -0.25) is 4.79 Å². The van der Waals surface area contributed by atoms with E-state index < -0.39 is 10.3 Å². The fourth-order valence-electron chi connectivity index (χ4n) is 2.46. The van der Waals surface area contributed by atoms with Crippen LogP contribution in [0.5, 0.6) is 0 Å². The summed E-state index contributed by atoms with van der Waals surface area (Å²) in [7, 11) is -1.80. The molecule has 2 rings (SSSR count). The topological polar surface area (TPSA) is 37.3 Å². The predicted octanol–water partition coefficient (Wildman–Crippen LogP) is 4.11. The van der Waals surface area contributed by atoms with Crippen LogP contribution in [0.3, 0.4) is 0 Å². The summed E-state index contributed by atoms with van der Waals surface area (Å²) in [6, 6.07) is 0. The number of aryl methyl sites for hydroxylation is 1. The van der Waals surface area contributed by atoms with Crippen LogP contribution in [0.25, 0.3) is 0 Å². The van der Waals surface area contributed by atoms with E-state index in [1.165, 1.54) is 10.4 Å². The normalized spacial score (nSPS) is 20.2. The van der Waals surface area contributed by atoms with Gasteiger partial charge in [0.2, 0.25) is 0 Å². The smallest absolute Gasteiger partial charge is 0.165 e. The Labute approximate surface area is 109 Å². The summed E-state index contributed by atoms with van der Waals surface area (Å²) in [5.41, 5.74) is 2.08. The lowest BCUT2D eigenvalue weighted by Gasteiger charge is -2.31. The van der Waals surface area contributed by atoms with Gasteiger partial charge in [0.1, 0.15) is 0 Å². The van der Waals surface area contributed by atoms with Crippen LogP contribution < -0.4 is 0 Å². The van der Waals surface area contributed by atoms with Gasteiger partial charge in [0.15, 0.2) is 5.78 Å². The van der Waals surface area contributed by atoms with Crippen molar-refractivity contribution in [3.05, 3.63) is 16.0 Å². The molecular formula is C13H20O2S2. The Bertz CT molecular complexity index is 478. The zero-order valence-electron chi connectivity index (χ0n) is 11.1. The van der Waals surface area contributed by atoms with Crippen LogP contribution in [0, 0.1) is 12.3 Å². The van der Waals surface area contributed by atoms with Crippen LogP contribution >= 0.6 is 21.6 Å². The summed E-state index contributed by atoms with van der Waals surface area (Å²) in [5, 5.41) is 0. The minimum atomic E-state index is -1.80. The van der Waals surface area contributed by atoms with E-state index in [0.29, 0.717) is 6.42 Å². The van der Waals surface area contributed by atoms with E-state index in [9.17, 15) is 9.35 Å². The summed E-state index contributed by atoms with van der Waals surface area (Å²) >= 11 is 1.61. The van der Waals surface area contributed by atoms with Gasteiger partial charge in [-0.25, -0.2) is 0 Å². The molecule has 4 heteroatoms. The van der Waals surface area contributed by atoms with Crippen molar-refractivity contribution in [2.75, 3.05) is 12.5 Å². The lowest BCUT2D eigenvalue weighted by Crippen LogP contribution is -2.27. The van der Waals surface area contributed by atoms with Crippen LogP contribution in [0.15, 0.2) is 4.21 Å². The Hall–Kier alpha value is -0.320. The zero-order chi connectivity index (χ0) is 13.0. The fraction of sp³-hybridized carbons (Fsp3) is 0.615. The minimum Gasteiger partial charge on any atom is -0.347 e. The third kappa shape index (κ3) is 2.30. The Balaban J connectivity index is 2.62. The molecule has 0 spiro atoms. The molecule has 0 saturated carbocycles. The van der Waals surface area contributed by atoms with E-state index in [4.69, 9.17) is 0 Å². The van der Waals surface area contributed by atoms with Gasteiger partial charge in [-0.15, -0.1) is 21.6 Å². The molecule has 1 aliphatic rings. The number of carbonyl (C=O) groups is 1. The Morgan fingerprint density at radius 1 is 1.29 bits per heavy atom. The molecule has 0 saturated heterocycles. The van der Waals surface area contributed by atoms with Gasteiger partial charge in [-0.2, -0.15) is 0 Å². The molecule has 0 aliphatic heterocycles. The van der Waals surface area contributed by atoms with Crippen molar-refractivity contribution < 1.29 is 9.35 Å². The van der Waals surface area contributed by atoms with E-state index in [2.05, 4.69) is 20.8 Å². The average Bonchev–Trinajstić information content (AvgIpc) is 2.41. The summed E-state index contributed by atoms with van der Waals surface area (Å²) in [5.74, 6) is 0.213. The highest BCUT2D eigenvalue weighted by molar-refractivity contribution is 8.29. The lowest BCUT2D eigenvalue weighted by atomic mass is 9.74. The molecule has 0 radical (unpaired) electrons. The standard InChI is InChI=1S/C13H20O2S2/c1-8-9-6-13(2,3)7-10(14)11(9)12(16-8)17(4,5)15/h15H,6-7H2,1-5H3. The highest BCUT2D eigenvalue weighted by atomic mass is 32.3. The van der Waals surface area contributed by atoms with E-state index in [1.807, 2.05) is 12.5 Å². The highest BCUT2D eigenvalue weighted by Crippen LogP contribution is 2.54. The molecule has 17 heavy (non-hydrogen) atoms. The number of ketones is 1. The minimum absolute atomic E-state index is 0.0577. The van der Waals surface area contributed by atoms with Gasteiger partial charge in [0.25, 0.3) is 0 Å². The van der Waals surface area contributed by atoms with Gasteiger partial charge in [-0.1, -0.05) is 13.8 Å². The highest BCUT2D eigenvalue weighted by Gasteiger charge is 2.37. The Morgan fingerprint density at radius 3 is 2.41 bits per heavy atom. The second-order valence-electron chi connectivity index (χ2n) is 6.01. The first-order valence-electron chi connectivity index (χ1n) is 5.73. The maximum atomic E-state index is 12.3. The summed E-state index contributed by atoms with van der Waals surface area (Å²) in [6.07, 6.45) is 5.22. The van der Waals surface area contributed by atoms with Crippen molar-refractivity contribution in [2.45, 2.75) is 37.8 Å². The molecule has 1 N–H and O–H groups in total. The summed E-state index contributed by atoms with van der Waals surface area (Å²) in [6.45, 7) is 6.34. The molecule has 0 atom stereocenters. The molecule has 1 aliphatic carbocycles. The molecule has 1 aromatic rings. The largest absolute Gasteiger partial charge is 0.347 e. The Kier molecular flexibility index (Phi) is 2.96. The van der Waals surface area contributed by atoms with Crippen LogP contribution in [-0.2, 0) is 6.42 Å². The molecule has 96 valence electrons. The van der Waals surface area contributed by atoms with Gasteiger partial charge in [0.05, 0.1) is 4.21 Å². The first-order valence-corrected chi connectivity index (χ1v) is 8.95. The Morgan fingerprint density at radius 2 is 1.88 bits per heavy atom. The van der Waals surface area contributed by atoms with Gasteiger partial charge >= 0.3 is 0 Å². The van der Waals surface area contributed by atoms with Gasteiger partial charge in [-0.05, 0) is 36.8 Å². The number of rotatable bonds is 1. The van der Waals surface area contributed by atoms with Crippen molar-refractivity contribution >= 4 is 27.4 Å². The van der Waals surface area contributed by atoms with Crippen molar-refractivity contribution in [2.24, 2.45) is 5.41 Å². The molecule has 1 heterocycles. The first-order chi connectivity index (χ1) is 7.62. The first kappa shape index (κ1) is 13.1. The zero-order valence-corrected chi connectivity index (χ0v) is 12.7. The molecular weight excluding hydrogens is 252 g/mol.